The van der Waals surface area contributed by atoms with Gasteiger partial charge in [-0.1, -0.05) is 24.3 Å². The molecule has 1 atom stereocenters. The van der Waals surface area contributed by atoms with Crippen molar-refractivity contribution in [3.8, 4) is 0 Å². The highest BCUT2D eigenvalue weighted by Gasteiger charge is 2.29. The zero-order valence-electron chi connectivity index (χ0n) is 16.2. The standard InChI is InChI=1S/C22H26N4O2/c1-17-16-24(19-8-3-2-4-9-19)13-14-25(17)21(27)18-7-5-10-20(15-18)26-12-6-11-23-22(26)28/h2-5,7-10,15,17H,6,11-14,16H2,1H3,(H,23,28)/t17-/m1/s1. The highest BCUT2D eigenvalue weighted by molar-refractivity contribution is 5.98. The van der Waals surface area contributed by atoms with Crippen LogP contribution in [0, 0.1) is 0 Å². The Balaban J connectivity index is 1.47. The Hall–Kier alpha value is -3.02. The molecule has 28 heavy (non-hydrogen) atoms. The Morgan fingerprint density at radius 3 is 2.54 bits per heavy atom. The number of hydrogen-bond donors (Lipinski definition) is 1. The number of amides is 3. The molecule has 0 aliphatic carbocycles. The highest BCUT2D eigenvalue weighted by Crippen LogP contribution is 2.23. The molecule has 0 bridgehead atoms. The van der Waals surface area contributed by atoms with E-state index in [4.69, 9.17) is 0 Å². The summed E-state index contributed by atoms with van der Waals surface area (Å²) in [6.07, 6.45) is 0.905. The summed E-state index contributed by atoms with van der Waals surface area (Å²) in [5.74, 6) is 0.0273. The number of carbonyl (C=O) groups is 2. The molecule has 2 saturated heterocycles. The molecular weight excluding hydrogens is 352 g/mol. The lowest BCUT2D eigenvalue weighted by Gasteiger charge is -2.41. The van der Waals surface area contributed by atoms with Gasteiger partial charge >= 0.3 is 6.03 Å². The number of carbonyl (C=O) groups excluding carboxylic acids is 2. The van der Waals surface area contributed by atoms with Gasteiger partial charge < -0.3 is 15.1 Å². The Morgan fingerprint density at radius 2 is 1.79 bits per heavy atom. The van der Waals surface area contributed by atoms with Crippen molar-refractivity contribution >= 4 is 23.3 Å². The van der Waals surface area contributed by atoms with Crippen molar-refractivity contribution in [2.45, 2.75) is 19.4 Å². The molecule has 6 heteroatoms. The molecule has 0 spiro atoms. The third-order valence-electron chi connectivity index (χ3n) is 5.49. The van der Waals surface area contributed by atoms with E-state index in [9.17, 15) is 9.59 Å². The lowest BCUT2D eigenvalue weighted by atomic mass is 10.1. The van der Waals surface area contributed by atoms with E-state index in [1.165, 1.54) is 5.69 Å². The third-order valence-corrected chi connectivity index (χ3v) is 5.49. The molecule has 0 radical (unpaired) electrons. The van der Waals surface area contributed by atoms with E-state index in [0.717, 1.165) is 25.2 Å². The highest BCUT2D eigenvalue weighted by atomic mass is 16.2. The van der Waals surface area contributed by atoms with Crippen molar-refractivity contribution in [1.29, 1.82) is 0 Å². The van der Waals surface area contributed by atoms with E-state index in [0.29, 0.717) is 25.2 Å². The number of urea groups is 1. The number of piperazine rings is 1. The van der Waals surface area contributed by atoms with Gasteiger partial charge in [0, 0.05) is 55.7 Å². The fourth-order valence-electron chi connectivity index (χ4n) is 3.98. The van der Waals surface area contributed by atoms with Gasteiger partial charge in [-0.15, -0.1) is 0 Å². The summed E-state index contributed by atoms with van der Waals surface area (Å²) < 4.78 is 0. The van der Waals surface area contributed by atoms with Crippen molar-refractivity contribution in [2.24, 2.45) is 0 Å². The second-order valence-corrected chi connectivity index (χ2v) is 7.42. The Morgan fingerprint density at radius 1 is 1.00 bits per heavy atom. The average Bonchev–Trinajstić information content (AvgIpc) is 2.74. The van der Waals surface area contributed by atoms with Crippen LogP contribution in [0.15, 0.2) is 54.6 Å². The number of benzene rings is 2. The molecule has 4 rings (SSSR count). The molecule has 2 aliphatic heterocycles. The number of anilines is 2. The van der Waals surface area contributed by atoms with Gasteiger partial charge in [-0.25, -0.2) is 4.79 Å². The second kappa shape index (κ2) is 7.92. The van der Waals surface area contributed by atoms with Gasteiger partial charge in [0.1, 0.15) is 0 Å². The third kappa shape index (κ3) is 3.67. The van der Waals surface area contributed by atoms with Gasteiger partial charge in [-0.2, -0.15) is 0 Å². The van der Waals surface area contributed by atoms with Crippen LogP contribution in [0.5, 0.6) is 0 Å². The van der Waals surface area contributed by atoms with Crippen LogP contribution in [-0.2, 0) is 0 Å². The van der Waals surface area contributed by atoms with E-state index in [1.54, 1.807) is 4.90 Å². The lowest BCUT2D eigenvalue weighted by Crippen LogP contribution is -2.54. The predicted molar refractivity (Wildman–Crippen MR) is 111 cm³/mol. The minimum Gasteiger partial charge on any atom is -0.368 e. The van der Waals surface area contributed by atoms with Crippen LogP contribution in [0.1, 0.15) is 23.7 Å². The SMILES string of the molecule is C[C@@H]1CN(c2ccccc2)CCN1C(=O)c1cccc(N2CCCNC2=O)c1. The predicted octanol–water partition coefficient (Wildman–Crippen LogP) is 2.96. The topological polar surface area (TPSA) is 55.9 Å². The maximum absolute atomic E-state index is 13.2. The normalized spacial score (nSPS) is 20.1. The smallest absolute Gasteiger partial charge is 0.321 e. The monoisotopic (exact) mass is 378 g/mol. The van der Waals surface area contributed by atoms with Gasteiger partial charge in [-0.05, 0) is 43.7 Å². The van der Waals surface area contributed by atoms with Crippen molar-refractivity contribution in [2.75, 3.05) is 42.5 Å². The molecule has 2 aromatic carbocycles. The summed E-state index contributed by atoms with van der Waals surface area (Å²) in [6, 6.07) is 17.8. The van der Waals surface area contributed by atoms with Gasteiger partial charge in [0.25, 0.3) is 5.91 Å². The summed E-state index contributed by atoms with van der Waals surface area (Å²) in [7, 11) is 0. The summed E-state index contributed by atoms with van der Waals surface area (Å²) in [6.45, 7) is 5.78. The largest absolute Gasteiger partial charge is 0.368 e. The van der Waals surface area contributed by atoms with E-state index in [2.05, 4.69) is 29.3 Å². The molecule has 2 fully saturated rings. The number of hydrogen-bond acceptors (Lipinski definition) is 3. The molecular formula is C22H26N4O2. The minimum atomic E-state index is -0.0966. The van der Waals surface area contributed by atoms with Crippen LogP contribution in [0.3, 0.4) is 0 Å². The minimum absolute atomic E-state index is 0.0273. The lowest BCUT2D eigenvalue weighted by molar-refractivity contribution is 0.0674. The maximum Gasteiger partial charge on any atom is 0.321 e. The summed E-state index contributed by atoms with van der Waals surface area (Å²) >= 11 is 0. The van der Waals surface area contributed by atoms with Crippen molar-refractivity contribution in [3.63, 3.8) is 0 Å². The van der Waals surface area contributed by atoms with Crippen LogP contribution in [0.2, 0.25) is 0 Å². The molecule has 2 aromatic rings. The van der Waals surface area contributed by atoms with Crippen LogP contribution in [-0.4, -0.2) is 55.6 Å². The summed E-state index contributed by atoms with van der Waals surface area (Å²) in [4.78, 5) is 31.2. The molecule has 0 aromatic heterocycles. The molecule has 1 N–H and O–H groups in total. The van der Waals surface area contributed by atoms with Gasteiger partial charge in [0.05, 0.1) is 0 Å². The molecule has 2 aliphatic rings. The van der Waals surface area contributed by atoms with Crippen molar-refractivity contribution in [1.82, 2.24) is 10.2 Å². The van der Waals surface area contributed by atoms with Crippen LogP contribution >= 0.6 is 0 Å². The first-order valence-corrected chi connectivity index (χ1v) is 9.90. The molecule has 6 nitrogen and oxygen atoms in total. The number of rotatable bonds is 3. The van der Waals surface area contributed by atoms with Crippen LogP contribution in [0.25, 0.3) is 0 Å². The van der Waals surface area contributed by atoms with E-state index >= 15 is 0 Å². The first kappa shape index (κ1) is 18.3. The molecule has 146 valence electrons. The summed E-state index contributed by atoms with van der Waals surface area (Å²) in [5.41, 5.74) is 2.61. The van der Waals surface area contributed by atoms with Gasteiger partial charge in [0.15, 0.2) is 0 Å². The number of nitrogens with zero attached hydrogens (tertiary/aromatic N) is 3. The van der Waals surface area contributed by atoms with E-state index < -0.39 is 0 Å². The molecule has 0 unspecified atom stereocenters. The molecule has 0 saturated carbocycles. The average molecular weight is 378 g/mol. The zero-order chi connectivity index (χ0) is 19.5. The second-order valence-electron chi connectivity index (χ2n) is 7.42. The van der Waals surface area contributed by atoms with Crippen LogP contribution < -0.4 is 15.1 Å². The Bertz CT molecular complexity index is 855. The fourth-order valence-corrected chi connectivity index (χ4v) is 3.98. The Labute approximate surface area is 165 Å². The first-order chi connectivity index (χ1) is 13.6. The zero-order valence-corrected chi connectivity index (χ0v) is 16.2. The molecule has 3 amide bonds. The van der Waals surface area contributed by atoms with E-state index in [-0.39, 0.29) is 18.0 Å². The van der Waals surface area contributed by atoms with Crippen molar-refractivity contribution < 1.29 is 9.59 Å². The number of nitrogens with one attached hydrogen (secondary N) is 1. The quantitative estimate of drug-likeness (QED) is 0.893. The van der Waals surface area contributed by atoms with Gasteiger partial charge in [0.2, 0.25) is 0 Å². The maximum atomic E-state index is 13.2. The fraction of sp³-hybridized carbons (Fsp3) is 0.364. The number of para-hydroxylation sites is 1. The Kier molecular flexibility index (Phi) is 5.19. The van der Waals surface area contributed by atoms with E-state index in [1.807, 2.05) is 47.4 Å². The summed E-state index contributed by atoms with van der Waals surface area (Å²) in [5, 5.41) is 2.86. The van der Waals surface area contributed by atoms with Crippen molar-refractivity contribution in [3.05, 3.63) is 60.2 Å². The van der Waals surface area contributed by atoms with Crippen LogP contribution in [0.4, 0.5) is 16.2 Å². The van der Waals surface area contributed by atoms with Gasteiger partial charge in [-0.3, -0.25) is 9.69 Å². The molecule has 2 heterocycles. The first-order valence-electron chi connectivity index (χ1n) is 9.90.